The van der Waals surface area contributed by atoms with E-state index >= 15 is 0 Å². The Morgan fingerprint density at radius 3 is 2.90 bits per heavy atom. The maximum Gasteiger partial charge on any atom is 0.320 e. The minimum Gasteiger partial charge on any atom is -0.506 e. The average molecular weight is 311 g/mol. The van der Waals surface area contributed by atoms with E-state index in [4.69, 9.17) is 11.6 Å². The van der Waals surface area contributed by atoms with Crippen LogP contribution in [-0.4, -0.2) is 25.7 Å². The fraction of sp³-hybridized carbons (Fsp3) is 0.167. The number of benzene rings is 1. The fourth-order valence-corrected chi connectivity index (χ4v) is 1.83. The predicted molar refractivity (Wildman–Crippen MR) is 75.6 cm³/mol. The Hall–Kier alpha value is -2.61. The van der Waals surface area contributed by atoms with E-state index < -0.39 is 16.5 Å². The van der Waals surface area contributed by atoms with Crippen LogP contribution in [0.4, 0.5) is 11.4 Å². The van der Waals surface area contributed by atoms with Crippen molar-refractivity contribution in [1.82, 2.24) is 9.78 Å². The second-order valence-electron chi connectivity index (χ2n) is 4.09. The molecule has 0 aliphatic heterocycles. The number of anilines is 1. The zero-order chi connectivity index (χ0) is 15.6. The number of aryl methyl sites for hydroxylation is 1. The third-order valence-electron chi connectivity index (χ3n) is 2.68. The number of halogens is 1. The summed E-state index contributed by atoms with van der Waals surface area (Å²) in [6, 6.07) is 4.08. The Morgan fingerprint density at radius 1 is 1.57 bits per heavy atom. The smallest absolute Gasteiger partial charge is 0.320 e. The highest BCUT2D eigenvalue weighted by atomic mass is 35.5. The van der Waals surface area contributed by atoms with Crippen molar-refractivity contribution in [3.05, 3.63) is 45.2 Å². The molecule has 0 saturated carbocycles. The molecule has 0 atom stereocenters. The van der Waals surface area contributed by atoms with Crippen LogP contribution in [0.5, 0.6) is 5.75 Å². The van der Waals surface area contributed by atoms with Gasteiger partial charge in [0.2, 0.25) is 5.69 Å². The molecule has 0 radical (unpaired) electrons. The fourth-order valence-electron chi connectivity index (χ4n) is 1.66. The van der Waals surface area contributed by atoms with E-state index in [1.165, 1.54) is 29.1 Å². The van der Waals surface area contributed by atoms with Gasteiger partial charge in [0.1, 0.15) is 11.9 Å². The Balaban J connectivity index is 2.34. The van der Waals surface area contributed by atoms with Crippen LogP contribution in [0.25, 0.3) is 0 Å². The van der Waals surface area contributed by atoms with Gasteiger partial charge in [-0.3, -0.25) is 19.6 Å². The SMILES string of the molecule is CCn1cc([N+](=O)[O-])c(C(=O)Nc2cc(Cl)ccc2O)n1. The Morgan fingerprint density at radius 2 is 2.29 bits per heavy atom. The Labute approximate surface area is 124 Å². The van der Waals surface area contributed by atoms with Gasteiger partial charge in [0.25, 0.3) is 5.91 Å². The molecule has 2 N–H and O–H groups in total. The molecule has 0 aliphatic carbocycles. The molecule has 8 nitrogen and oxygen atoms in total. The van der Waals surface area contributed by atoms with Gasteiger partial charge in [-0.1, -0.05) is 11.6 Å². The van der Waals surface area contributed by atoms with Gasteiger partial charge in [-0.25, -0.2) is 0 Å². The van der Waals surface area contributed by atoms with Crippen molar-refractivity contribution in [3.8, 4) is 5.75 Å². The molecule has 0 saturated heterocycles. The lowest BCUT2D eigenvalue weighted by Crippen LogP contribution is -2.14. The lowest BCUT2D eigenvalue weighted by molar-refractivity contribution is -0.385. The normalized spacial score (nSPS) is 10.4. The van der Waals surface area contributed by atoms with Gasteiger partial charge >= 0.3 is 5.69 Å². The molecule has 0 spiro atoms. The maximum absolute atomic E-state index is 12.1. The summed E-state index contributed by atoms with van der Waals surface area (Å²) in [5.41, 5.74) is -0.690. The molecule has 1 aromatic carbocycles. The average Bonchev–Trinajstić information content (AvgIpc) is 2.87. The highest BCUT2D eigenvalue weighted by molar-refractivity contribution is 6.31. The zero-order valence-electron chi connectivity index (χ0n) is 10.9. The van der Waals surface area contributed by atoms with Crippen LogP contribution in [0.3, 0.4) is 0 Å². The molecule has 2 rings (SSSR count). The number of phenolic OH excluding ortho intramolecular Hbond substituents is 1. The van der Waals surface area contributed by atoms with E-state index in [1.54, 1.807) is 6.92 Å². The van der Waals surface area contributed by atoms with Crippen LogP contribution in [0.2, 0.25) is 5.02 Å². The predicted octanol–water partition coefficient (Wildman–Crippen LogP) is 2.42. The molecular weight excluding hydrogens is 300 g/mol. The molecule has 1 heterocycles. The summed E-state index contributed by atoms with van der Waals surface area (Å²) in [5, 5.41) is 27.1. The van der Waals surface area contributed by atoms with Crippen LogP contribution in [-0.2, 0) is 6.54 Å². The number of amides is 1. The molecule has 21 heavy (non-hydrogen) atoms. The maximum atomic E-state index is 12.1. The number of hydrogen-bond donors (Lipinski definition) is 2. The lowest BCUT2D eigenvalue weighted by atomic mass is 10.2. The summed E-state index contributed by atoms with van der Waals surface area (Å²) in [4.78, 5) is 22.3. The standard InChI is InChI=1S/C12H11ClN4O4/c1-2-16-6-9(17(20)21)11(15-16)12(19)14-8-5-7(13)3-4-10(8)18/h3-6,18H,2H2,1H3,(H,14,19). The van der Waals surface area contributed by atoms with Crippen LogP contribution in [0.15, 0.2) is 24.4 Å². The summed E-state index contributed by atoms with van der Waals surface area (Å²) >= 11 is 5.76. The number of nitrogens with zero attached hydrogens (tertiary/aromatic N) is 3. The molecule has 0 fully saturated rings. The number of phenols is 1. The molecular formula is C12H11ClN4O4. The number of aromatic hydroxyl groups is 1. The molecule has 0 bridgehead atoms. The summed E-state index contributed by atoms with van der Waals surface area (Å²) in [6.07, 6.45) is 1.17. The Kier molecular flexibility index (Phi) is 4.08. The number of carbonyl (C=O) groups excluding carboxylic acids is 1. The van der Waals surface area contributed by atoms with Gasteiger partial charge in [-0.05, 0) is 25.1 Å². The third-order valence-corrected chi connectivity index (χ3v) is 2.92. The minimum absolute atomic E-state index is 0.0489. The zero-order valence-corrected chi connectivity index (χ0v) is 11.7. The number of nitro groups is 1. The third kappa shape index (κ3) is 3.11. The number of hydrogen-bond acceptors (Lipinski definition) is 5. The number of aromatic nitrogens is 2. The second kappa shape index (κ2) is 5.80. The van der Waals surface area contributed by atoms with E-state index in [1.807, 2.05) is 0 Å². The number of nitrogens with one attached hydrogen (secondary N) is 1. The van der Waals surface area contributed by atoms with Gasteiger partial charge in [0.05, 0.1) is 10.6 Å². The van der Waals surface area contributed by atoms with Crippen LogP contribution < -0.4 is 5.32 Å². The van der Waals surface area contributed by atoms with Crippen molar-refractivity contribution >= 4 is 28.9 Å². The first-order valence-electron chi connectivity index (χ1n) is 5.94. The number of carbonyl (C=O) groups is 1. The molecule has 1 aromatic heterocycles. The van der Waals surface area contributed by atoms with Crippen molar-refractivity contribution in [2.75, 3.05) is 5.32 Å². The van der Waals surface area contributed by atoms with E-state index in [0.717, 1.165) is 0 Å². The van der Waals surface area contributed by atoms with Crippen LogP contribution in [0.1, 0.15) is 17.4 Å². The summed E-state index contributed by atoms with van der Waals surface area (Å²) in [5.74, 6) is -1.00. The first-order chi connectivity index (χ1) is 9.92. The van der Waals surface area contributed by atoms with Gasteiger partial charge < -0.3 is 10.4 Å². The largest absolute Gasteiger partial charge is 0.506 e. The van der Waals surface area contributed by atoms with Gasteiger partial charge in [-0.15, -0.1) is 0 Å². The molecule has 0 unspecified atom stereocenters. The van der Waals surface area contributed by atoms with E-state index in [2.05, 4.69) is 10.4 Å². The van der Waals surface area contributed by atoms with E-state index in [9.17, 15) is 20.0 Å². The summed E-state index contributed by atoms with van der Waals surface area (Å²) < 4.78 is 1.28. The lowest BCUT2D eigenvalue weighted by Gasteiger charge is -2.06. The number of rotatable bonds is 4. The monoisotopic (exact) mass is 310 g/mol. The van der Waals surface area contributed by atoms with E-state index in [-0.39, 0.29) is 17.1 Å². The van der Waals surface area contributed by atoms with Crippen molar-refractivity contribution < 1.29 is 14.8 Å². The minimum atomic E-state index is -0.800. The Bertz CT molecular complexity index is 713. The van der Waals surface area contributed by atoms with Crippen molar-refractivity contribution in [1.29, 1.82) is 0 Å². The topological polar surface area (TPSA) is 110 Å². The van der Waals surface area contributed by atoms with Crippen LogP contribution >= 0.6 is 11.6 Å². The molecule has 2 aromatic rings. The van der Waals surface area contributed by atoms with Gasteiger partial charge in [0.15, 0.2) is 0 Å². The van der Waals surface area contributed by atoms with Gasteiger partial charge in [-0.2, -0.15) is 5.10 Å². The first-order valence-corrected chi connectivity index (χ1v) is 6.32. The van der Waals surface area contributed by atoms with Gasteiger partial charge in [0, 0.05) is 11.6 Å². The molecule has 9 heteroatoms. The highest BCUT2D eigenvalue weighted by Gasteiger charge is 2.25. The van der Waals surface area contributed by atoms with Crippen molar-refractivity contribution in [3.63, 3.8) is 0 Å². The quantitative estimate of drug-likeness (QED) is 0.512. The molecule has 110 valence electrons. The van der Waals surface area contributed by atoms with Crippen LogP contribution in [0, 0.1) is 10.1 Å². The van der Waals surface area contributed by atoms with Crippen molar-refractivity contribution in [2.24, 2.45) is 0 Å². The molecule has 0 aliphatic rings. The second-order valence-corrected chi connectivity index (χ2v) is 4.53. The van der Waals surface area contributed by atoms with Crippen molar-refractivity contribution in [2.45, 2.75) is 13.5 Å². The van der Waals surface area contributed by atoms with E-state index in [0.29, 0.717) is 11.6 Å². The summed E-state index contributed by atoms with van der Waals surface area (Å²) in [7, 11) is 0. The highest BCUT2D eigenvalue weighted by Crippen LogP contribution is 2.27. The first kappa shape index (κ1) is 14.8. The summed E-state index contributed by atoms with van der Waals surface area (Å²) in [6.45, 7) is 2.12. The molecule has 1 amide bonds.